The smallest absolute Gasteiger partial charge is 0.254 e. The summed E-state index contributed by atoms with van der Waals surface area (Å²) in [6.07, 6.45) is 7.39. The topological polar surface area (TPSA) is 113 Å². The minimum Gasteiger partial charge on any atom is -0.395 e. The number of fused-ring (bicyclic) bond motifs is 1. The highest BCUT2D eigenvalue weighted by Crippen LogP contribution is 2.27. The number of aromatic nitrogens is 6. The molecule has 1 saturated heterocycles. The summed E-state index contributed by atoms with van der Waals surface area (Å²) >= 11 is 0. The first kappa shape index (κ1) is 22.2. The van der Waals surface area contributed by atoms with Crippen LogP contribution in [0.5, 0.6) is 0 Å². The standard InChI is InChI=1S/C25H29N7O2/c1-16-9-18(12-26-11-16)22-14-32(30-29-22)19-5-4-8-31(13-19)23(34)17-6-7-20-21(10-17)28-24(27-20)25(2,3)15-33/h6-7,9-12,14,19,33H,4-5,8,13,15H2,1-3H3,(H,27,28). The number of aliphatic hydroxyl groups excluding tert-OH is 1. The number of rotatable bonds is 5. The Morgan fingerprint density at radius 2 is 2.12 bits per heavy atom. The van der Waals surface area contributed by atoms with Crippen molar-refractivity contribution in [1.82, 2.24) is 34.8 Å². The van der Waals surface area contributed by atoms with Gasteiger partial charge in [-0.2, -0.15) is 0 Å². The van der Waals surface area contributed by atoms with Crippen LogP contribution in [0.25, 0.3) is 22.3 Å². The molecule has 0 radical (unpaired) electrons. The number of carbonyl (C=O) groups excluding carboxylic acids is 1. The van der Waals surface area contributed by atoms with Crippen molar-refractivity contribution in [2.75, 3.05) is 19.7 Å². The van der Waals surface area contributed by atoms with Gasteiger partial charge in [0.15, 0.2) is 0 Å². The van der Waals surface area contributed by atoms with Gasteiger partial charge in [0, 0.05) is 42.0 Å². The van der Waals surface area contributed by atoms with Crippen molar-refractivity contribution in [3.8, 4) is 11.3 Å². The van der Waals surface area contributed by atoms with Crippen LogP contribution in [-0.4, -0.2) is 65.6 Å². The van der Waals surface area contributed by atoms with Crippen molar-refractivity contribution in [3.05, 3.63) is 59.8 Å². The zero-order valence-corrected chi connectivity index (χ0v) is 19.7. The van der Waals surface area contributed by atoms with Crippen LogP contribution in [0.4, 0.5) is 0 Å². The van der Waals surface area contributed by atoms with Gasteiger partial charge in [0.05, 0.1) is 29.9 Å². The molecule has 34 heavy (non-hydrogen) atoms. The number of piperidine rings is 1. The third-order valence-electron chi connectivity index (χ3n) is 6.50. The lowest BCUT2D eigenvalue weighted by Gasteiger charge is -2.32. The molecule has 5 rings (SSSR count). The Balaban J connectivity index is 1.34. The monoisotopic (exact) mass is 459 g/mol. The molecular weight excluding hydrogens is 430 g/mol. The fourth-order valence-corrected chi connectivity index (χ4v) is 4.36. The predicted molar refractivity (Wildman–Crippen MR) is 128 cm³/mol. The predicted octanol–water partition coefficient (Wildman–Crippen LogP) is 3.27. The van der Waals surface area contributed by atoms with Gasteiger partial charge in [0.25, 0.3) is 5.91 Å². The summed E-state index contributed by atoms with van der Waals surface area (Å²) in [6.45, 7) is 7.13. The van der Waals surface area contributed by atoms with Crippen LogP contribution in [0.1, 0.15) is 54.5 Å². The van der Waals surface area contributed by atoms with Crippen molar-refractivity contribution in [1.29, 1.82) is 0 Å². The number of imidazole rings is 1. The molecule has 1 fully saturated rings. The van der Waals surface area contributed by atoms with Gasteiger partial charge in [0.1, 0.15) is 11.5 Å². The number of aromatic amines is 1. The number of benzene rings is 1. The highest BCUT2D eigenvalue weighted by Gasteiger charge is 2.28. The van der Waals surface area contributed by atoms with Gasteiger partial charge in [-0.15, -0.1) is 5.10 Å². The maximum atomic E-state index is 13.3. The Morgan fingerprint density at radius 1 is 1.26 bits per heavy atom. The Bertz CT molecular complexity index is 1340. The molecule has 0 aliphatic carbocycles. The number of aliphatic hydroxyl groups is 1. The second kappa shape index (κ2) is 8.64. The van der Waals surface area contributed by atoms with E-state index in [1.54, 1.807) is 6.20 Å². The summed E-state index contributed by atoms with van der Waals surface area (Å²) in [5, 5.41) is 18.3. The summed E-state index contributed by atoms with van der Waals surface area (Å²) in [6, 6.07) is 7.64. The average molecular weight is 460 g/mol. The second-order valence-electron chi connectivity index (χ2n) is 9.74. The lowest BCUT2D eigenvalue weighted by Crippen LogP contribution is -2.40. The average Bonchev–Trinajstić information content (AvgIpc) is 3.51. The molecule has 0 spiro atoms. The maximum absolute atomic E-state index is 13.3. The van der Waals surface area contributed by atoms with Gasteiger partial charge >= 0.3 is 0 Å². The van der Waals surface area contributed by atoms with E-state index < -0.39 is 5.41 Å². The fourth-order valence-electron chi connectivity index (χ4n) is 4.36. The molecule has 1 amide bonds. The molecule has 3 aromatic heterocycles. The van der Waals surface area contributed by atoms with E-state index in [0.29, 0.717) is 24.5 Å². The Kier molecular flexibility index (Phi) is 5.65. The van der Waals surface area contributed by atoms with Crippen molar-refractivity contribution >= 4 is 16.9 Å². The fraction of sp³-hybridized carbons (Fsp3) is 0.400. The summed E-state index contributed by atoms with van der Waals surface area (Å²) in [5.41, 5.74) is 4.51. The number of pyridine rings is 1. The molecule has 176 valence electrons. The van der Waals surface area contributed by atoms with Gasteiger partial charge in [-0.3, -0.25) is 9.78 Å². The van der Waals surface area contributed by atoms with Crippen LogP contribution in [0.2, 0.25) is 0 Å². The number of hydrogen-bond donors (Lipinski definition) is 2. The van der Waals surface area contributed by atoms with Crippen LogP contribution in [0.15, 0.2) is 42.9 Å². The van der Waals surface area contributed by atoms with E-state index in [0.717, 1.165) is 40.7 Å². The summed E-state index contributed by atoms with van der Waals surface area (Å²) in [5.74, 6) is 0.700. The van der Waals surface area contributed by atoms with E-state index >= 15 is 0 Å². The number of amides is 1. The van der Waals surface area contributed by atoms with Crippen LogP contribution < -0.4 is 0 Å². The molecule has 9 heteroatoms. The van der Waals surface area contributed by atoms with Crippen molar-refractivity contribution in [3.63, 3.8) is 0 Å². The first-order valence-corrected chi connectivity index (χ1v) is 11.6. The molecule has 0 bridgehead atoms. The molecule has 0 saturated carbocycles. The van der Waals surface area contributed by atoms with E-state index in [-0.39, 0.29) is 18.6 Å². The molecule has 1 atom stereocenters. The molecule has 1 aliphatic rings. The van der Waals surface area contributed by atoms with Crippen LogP contribution in [-0.2, 0) is 5.41 Å². The highest BCUT2D eigenvalue weighted by atomic mass is 16.3. The van der Waals surface area contributed by atoms with Crippen LogP contribution >= 0.6 is 0 Å². The van der Waals surface area contributed by atoms with Crippen molar-refractivity contribution in [2.24, 2.45) is 0 Å². The van der Waals surface area contributed by atoms with Gasteiger partial charge in [0.2, 0.25) is 0 Å². The van der Waals surface area contributed by atoms with Crippen LogP contribution in [0.3, 0.4) is 0 Å². The van der Waals surface area contributed by atoms with Crippen molar-refractivity contribution < 1.29 is 9.90 Å². The maximum Gasteiger partial charge on any atom is 0.254 e. The third kappa shape index (κ3) is 4.19. The van der Waals surface area contributed by atoms with Crippen molar-refractivity contribution in [2.45, 2.75) is 45.1 Å². The number of aryl methyl sites for hydroxylation is 1. The molecule has 2 N–H and O–H groups in total. The van der Waals surface area contributed by atoms with E-state index in [9.17, 15) is 9.90 Å². The number of nitrogens with one attached hydrogen (secondary N) is 1. The lowest BCUT2D eigenvalue weighted by molar-refractivity contribution is 0.0672. The molecule has 1 aliphatic heterocycles. The molecule has 1 aromatic carbocycles. The third-order valence-corrected chi connectivity index (χ3v) is 6.50. The molecule has 4 aromatic rings. The Labute approximate surface area is 197 Å². The second-order valence-corrected chi connectivity index (χ2v) is 9.74. The van der Waals surface area contributed by atoms with Gasteiger partial charge < -0.3 is 15.0 Å². The van der Waals surface area contributed by atoms with Gasteiger partial charge in [-0.25, -0.2) is 9.67 Å². The minimum atomic E-state index is -0.478. The minimum absolute atomic E-state index is 0.00705. The van der Waals surface area contributed by atoms with E-state index in [1.807, 2.05) is 67.0 Å². The normalized spacial score (nSPS) is 16.8. The van der Waals surface area contributed by atoms with E-state index in [4.69, 9.17) is 0 Å². The summed E-state index contributed by atoms with van der Waals surface area (Å²) < 4.78 is 1.87. The first-order valence-electron chi connectivity index (χ1n) is 11.6. The van der Waals surface area contributed by atoms with E-state index in [1.165, 1.54) is 0 Å². The van der Waals surface area contributed by atoms with Crippen LogP contribution in [0, 0.1) is 6.92 Å². The number of carbonyl (C=O) groups is 1. The first-order chi connectivity index (χ1) is 16.3. The quantitative estimate of drug-likeness (QED) is 0.474. The SMILES string of the molecule is Cc1cncc(-c2cn(C3CCCN(C(=O)c4ccc5nc(C(C)(C)CO)[nH]c5c4)C3)nn2)c1. The number of hydrogen-bond acceptors (Lipinski definition) is 6. The molecule has 9 nitrogen and oxygen atoms in total. The Morgan fingerprint density at radius 3 is 2.91 bits per heavy atom. The lowest BCUT2D eigenvalue weighted by atomic mass is 9.94. The van der Waals surface area contributed by atoms with E-state index in [2.05, 4.69) is 25.3 Å². The van der Waals surface area contributed by atoms with Gasteiger partial charge in [-0.05, 0) is 49.6 Å². The molecule has 4 heterocycles. The summed E-state index contributed by atoms with van der Waals surface area (Å²) in [7, 11) is 0. The summed E-state index contributed by atoms with van der Waals surface area (Å²) in [4.78, 5) is 27.3. The highest BCUT2D eigenvalue weighted by molar-refractivity contribution is 5.97. The zero-order chi connectivity index (χ0) is 23.9. The number of nitrogens with zero attached hydrogens (tertiary/aromatic N) is 6. The molecular formula is C25H29N7O2. The zero-order valence-electron chi connectivity index (χ0n) is 19.7. The Hall–Kier alpha value is -3.59. The van der Waals surface area contributed by atoms with Gasteiger partial charge in [-0.1, -0.05) is 19.1 Å². The number of likely N-dealkylation sites (tertiary alicyclic amines) is 1. The molecule has 1 unspecified atom stereocenters. The number of H-pyrrole nitrogens is 1. The largest absolute Gasteiger partial charge is 0.395 e.